The number of rotatable bonds is 4. The Balaban J connectivity index is 1.44. The molecule has 22 heavy (non-hydrogen) atoms. The highest BCUT2D eigenvalue weighted by Crippen LogP contribution is 2.51. The van der Waals surface area contributed by atoms with Gasteiger partial charge in [-0.25, -0.2) is 4.79 Å². The zero-order valence-corrected chi connectivity index (χ0v) is 13.6. The molecule has 0 aromatic carbocycles. The Hall–Kier alpha value is -1.62. The van der Waals surface area contributed by atoms with Crippen LogP contribution in [-0.4, -0.2) is 36.3 Å². The lowest BCUT2D eigenvalue weighted by atomic mass is 9.57. The van der Waals surface area contributed by atoms with Crippen LogP contribution in [0.4, 0.5) is 4.79 Å². The average molecular weight is 303 g/mol. The lowest BCUT2D eigenvalue weighted by molar-refractivity contribution is -0.108. The second-order valence-corrected chi connectivity index (χ2v) is 7.00. The summed E-state index contributed by atoms with van der Waals surface area (Å²) < 4.78 is 5.75. The van der Waals surface area contributed by atoms with Gasteiger partial charge >= 0.3 is 6.03 Å². The predicted octanol–water partition coefficient (Wildman–Crippen LogP) is 2.05. The van der Waals surface area contributed by atoms with Crippen LogP contribution in [0.5, 0.6) is 0 Å². The van der Waals surface area contributed by atoms with Gasteiger partial charge in [0.15, 0.2) is 0 Å². The van der Waals surface area contributed by atoms with Gasteiger partial charge in [0.05, 0.1) is 6.10 Å². The van der Waals surface area contributed by atoms with Crippen LogP contribution in [0.15, 0.2) is 18.3 Å². The molecule has 2 amide bonds. The molecule has 5 heteroatoms. The zero-order chi connectivity index (χ0) is 15.7. The fraction of sp³-hybridized carbons (Fsp3) is 0.647. The summed E-state index contributed by atoms with van der Waals surface area (Å²) in [6.07, 6.45) is 4.01. The van der Waals surface area contributed by atoms with E-state index in [1.54, 1.807) is 0 Å². The molecule has 1 saturated carbocycles. The van der Waals surface area contributed by atoms with Crippen molar-refractivity contribution in [3.05, 3.63) is 29.6 Å². The molecule has 2 fully saturated rings. The van der Waals surface area contributed by atoms with E-state index in [1.807, 2.05) is 19.2 Å². The van der Waals surface area contributed by atoms with Crippen LogP contribution in [0.1, 0.15) is 31.5 Å². The number of amides is 2. The molecule has 2 heterocycles. The quantitative estimate of drug-likeness (QED) is 0.895. The number of nitrogens with one attached hydrogen (secondary N) is 2. The van der Waals surface area contributed by atoms with Crippen molar-refractivity contribution in [1.29, 1.82) is 0 Å². The minimum absolute atomic E-state index is 0.0272. The number of nitrogens with zero attached hydrogens (tertiary/aromatic N) is 1. The summed E-state index contributed by atoms with van der Waals surface area (Å²) in [7, 11) is 0. The van der Waals surface area contributed by atoms with Crippen LogP contribution in [0.2, 0.25) is 0 Å². The van der Waals surface area contributed by atoms with Gasteiger partial charge in [-0.3, -0.25) is 4.98 Å². The third-order valence-electron chi connectivity index (χ3n) is 5.06. The van der Waals surface area contributed by atoms with Gasteiger partial charge in [-0.1, -0.05) is 19.9 Å². The summed E-state index contributed by atoms with van der Waals surface area (Å²) in [6, 6.07) is 4.17. The first-order valence-corrected chi connectivity index (χ1v) is 8.06. The Bertz CT molecular complexity index is 541. The molecule has 1 aliphatic heterocycles. The smallest absolute Gasteiger partial charge is 0.315 e. The topological polar surface area (TPSA) is 63.2 Å². The van der Waals surface area contributed by atoms with Crippen molar-refractivity contribution in [2.45, 2.75) is 45.8 Å². The van der Waals surface area contributed by atoms with Gasteiger partial charge in [-0.2, -0.15) is 0 Å². The normalized spacial score (nSPS) is 28.6. The molecular formula is C17H25N3O2. The average Bonchev–Trinajstić information content (AvgIpc) is 2.94. The van der Waals surface area contributed by atoms with Gasteiger partial charge in [0, 0.05) is 42.4 Å². The zero-order valence-electron chi connectivity index (χ0n) is 13.6. The number of hydrogen-bond acceptors (Lipinski definition) is 3. The highest BCUT2D eigenvalue weighted by atomic mass is 16.5. The van der Waals surface area contributed by atoms with E-state index in [2.05, 4.69) is 35.5 Å². The van der Waals surface area contributed by atoms with Crippen molar-refractivity contribution in [1.82, 2.24) is 15.6 Å². The van der Waals surface area contributed by atoms with Gasteiger partial charge < -0.3 is 15.4 Å². The largest absolute Gasteiger partial charge is 0.377 e. The van der Waals surface area contributed by atoms with Crippen LogP contribution in [-0.2, 0) is 11.2 Å². The van der Waals surface area contributed by atoms with E-state index in [4.69, 9.17) is 4.74 Å². The molecule has 0 bridgehead atoms. The Morgan fingerprint density at radius 1 is 1.45 bits per heavy atom. The van der Waals surface area contributed by atoms with Crippen LogP contribution in [0.25, 0.3) is 0 Å². The van der Waals surface area contributed by atoms with E-state index < -0.39 is 0 Å². The molecule has 2 N–H and O–H groups in total. The summed E-state index contributed by atoms with van der Waals surface area (Å²) in [5, 5.41) is 6.07. The van der Waals surface area contributed by atoms with E-state index in [1.165, 1.54) is 0 Å². The second kappa shape index (κ2) is 5.88. The highest BCUT2D eigenvalue weighted by molar-refractivity contribution is 5.74. The van der Waals surface area contributed by atoms with Crippen LogP contribution < -0.4 is 10.6 Å². The molecule has 0 spiro atoms. The molecule has 1 saturated heterocycles. The number of urea groups is 1. The summed E-state index contributed by atoms with van der Waals surface area (Å²) in [5.74, 6) is 0.474. The van der Waals surface area contributed by atoms with Crippen LogP contribution in [0, 0.1) is 18.3 Å². The van der Waals surface area contributed by atoms with Crippen molar-refractivity contribution in [2.24, 2.45) is 11.3 Å². The molecule has 3 rings (SSSR count). The molecule has 1 aromatic rings. The number of fused-ring (bicyclic) bond motifs is 1. The minimum atomic E-state index is -0.0801. The predicted molar refractivity (Wildman–Crippen MR) is 84.6 cm³/mol. The molecule has 120 valence electrons. The maximum Gasteiger partial charge on any atom is 0.315 e. The molecule has 5 nitrogen and oxygen atoms in total. The standard InChI is InChI=1S/C17H25N3O2/c1-11-4-5-12(10-19-11)6-8-18-16(21)20-14-13-7-9-22-15(13)17(14,2)3/h4-5,10,13-15H,6-9H2,1-3H3,(H2,18,20,21)/t13-,14+,15+/m0/s1. The van der Waals surface area contributed by atoms with E-state index >= 15 is 0 Å². The summed E-state index contributed by atoms with van der Waals surface area (Å²) in [4.78, 5) is 16.3. The Labute approximate surface area is 131 Å². The lowest BCUT2D eigenvalue weighted by Gasteiger charge is -2.54. The number of aryl methyl sites for hydroxylation is 1. The van der Waals surface area contributed by atoms with Crippen LogP contribution in [0.3, 0.4) is 0 Å². The molecule has 0 radical (unpaired) electrons. The van der Waals surface area contributed by atoms with Gasteiger partial charge in [-0.05, 0) is 31.4 Å². The van der Waals surface area contributed by atoms with Crippen molar-refractivity contribution < 1.29 is 9.53 Å². The molecular weight excluding hydrogens is 278 g/mol. The van der Waals surface area contributed by atoms with Crippen LogP contribution >= 0.6 is 0 Å². The Morgan fingerprint density at radius 2 is 2.27 bits per heavy atom. The summed E-state index contributed by atoms with van der Waals surface area (Å²) in [6.45, 7) is 7.74. The molecule has 1 aliphatic carbocycles. The Morgan fingerprint density at radius 3 is 3.00 bits per heavy atom. The maximum absolute atomic E-state index is 12.1. The van der Waals surface area contributed by atoms with Crippen molar-refractivity contribution >= 4 is 6.03 Å². The monoisotopic (exact) mass is 303 g/mol. The van der Waals surface area contributed by atoms with Gasteiger partial charge in [-0.15, -0.1) is 0 Å². The highest BCUT2D eigenvalue weighted by Gasteiger charge is 2.59. The third-order valence-corrected chi connectivity index (χ3v) is 5.06. The first-order chi connectivity index (χ1) is 10.5. The number of hydrogen-bond donors (Lipinski definition) is 2. The maximum atomic E-state index is 12.1. The van der Waals surface area contributed by atoms with Gasteiger partial charge in [0.25, 0.3) is 0 Å². The van der Waals surface area contributed by atoms with E-state index in [9.17, 15) is 4.79 Å². The second-order valence-electron chi connectivity index (χ2n) is 7.00. The Kier molecular flexibility index (Phi) is 4.08. The van der Waals surface area contributed by atoms with E-state index in [0.29, 0.717) is 18.6 Å². The SMILES string of the molecule is Cc1ccc(CCNC(=O)N[C@@H]2[C@@H]3CCO[C@H]3C2(C)C)cn1. The first kappa shape index (κ1) is 15.3. The number of carbonyl (C=O) groups excluding carboxylic acids is 1. The summed E-state index contributed by atoms with van der Waals surface area (Å²) >= 11 is 0. The van der Waals surface area contributed by atoms with Crippen molar-refractivity contribution in [3.63, 3.8) is 0 Å². The van der Waals surface area contributed by atoms with Crippen molar-refractivity contribution in [2.75, 3.05) is 13.2 Å². The summed E-state index contributed by atoms with van der Waals surface area (Å²) in [5.41, 5.74) is 2.17. The van der Waals surface area contributed by atoms with Crippen molar-refractivity contribution in [3.8, 4) is 0 Å². The number of aromatic nitrogens is 1. The number of pyridine rings is 1. The fourth-order valence-corrected chi connectivity index (χ4v) is 3.78. The van der Waals surface area contributed by atoms with Gasteiger partial charge in [0.1, 0.15) is 0 Å². The van der Waals surface area contributed by atoms with E-state index in [0.717, 1.165) is 30.7 Å². The minimum Gasteiger partial charge on any atom is -0.377 e. The number of ether oxygens (including phenoxy) is 1. The number of carbonyl (C=O) groups is 1. The molecule has 0 unspecified atom stereocenters. The molecule has 1 aromatic heterocycles. The van der Waals surface area contributed by atoms with E-state index in [-0.39, 0.29) is 17.5 Å². The fourth-order valence-electron chi connectivity index (χ4n) is 3.78. The van der Waals surface area contributed by atoms with Gasteiger partial charge in [0.2, 0.25) is 0 Å². The first-order valence-electron chi connectivity index (χ1n) is 8.06. The molecule has 3 atom stereocenters. The molecule has 2 aliphatic rings. The third kappa shape index (κ3) is 2.82. The lowest BCUT2D eigenvalue weighted by Crippen LogP contribution is -2.67.